The molecular weight excluding hydrogens is 240 g/mol. The summed E-state index contributed by atoms with van der Waals surface area (Å²) >= 11 is 0. The van der Waals surface area contributed by atoms with Crippen LogP contribution < -0.4 is 0 Å². The number of nitrogens with zero attached hydrogens (tertiary/aromatic N) is 2. The molecule has 0 bridgehead atoms. The van der Waals surface area contributed by atoms with Gasteiger partial charge in [0.1, 0.15) is 5.65 Å². The minimum absolute atomic E-state index is 0.0462. The third-order valence-corrected chi connectivity index (χ3v) is 2.99. The van der Waals surface area contributed by atoms with Gasteiger partial charge in [-0.15, -0.1) is 0 Å². The van der Waals surface area contributed by atoms with Gasteiger partial charge in [-0.2, -0.15) is 0 Å². The molecule has 0 unspecified atom stereocenters. The molecule has 94 valence electrons. The first-order valence-corrected chi connectivity index (χ1v) is 5.99. The van der Waals surface area contributed by atoms with E-state index in [4.69, 9.17) is 5.11 Å². The molecule has 3 aromatic rings. The van der Waals surface area contributed by atoms with E-state index in [1.54, 1.807) is 0 Å². The van der Waals surface area contributed by atoms with E-state index in [2.05, 4.69) is 4.98 Å². The number of aromatic nitrogens is 2. The van der Waals surface area contributed by atoms with Gasteiger partial charge in [0.05, 0.1) is 17.8 Å². The molecular formula is C15H12N2O2. The van der Waals surface area contributed by atoms with E-state index in [0.29, 0.717) is 5.69 Å². The topological polar surface area (TPSA) is 54.6 Å². The molecule has 0 aliphatic carbocycles. The van der Waals surface area contributed by atoms with Gasteiger partial charge in [0.2, 0.25) is 0 Å². The summed E-state index contributed by atoms with van der Waals surface area (Å²) in [7, 11) is 0. The largest absolute Gasteiger partial charge is 0.481 e. The fraction of sp³-hybridized carbons (Fsp3) is 0.0667. The quantitative estimate of drug-likeness (QED) is 0.779. The molecule has 2 heterocycles. The Morgan fingerprint density at radius 2 is 1.84 bits per heavy atom. The van der Waals surface area contributed by atoms with Gasteiger partial charge >= 0.3 is 5.97 Å². The van der Waals surface area contributed by atoms with Gasteiger partial charge in [0.25, 0.3) is 0 Å². The van der Waals surface area contributed by atoms with Crippen LogP contribution >= 0.6 is 0 Å². The molecule has 1 aromatic carbocycles. The van der Waals surface area contributed by atoms with Crippen LogP contribution in [0.1, 0.15) is 5.69 Å². The van der Waals surface area contributed by atoms with Gasteiger partial charge in [0.15, 0.2) is 0 Å². The van der Waals surface area contributed by atoms with Crippen LogP contribution in [0.4, 0.5) is 0 Å². The maximum Gasteiger partial charge on any atom is 0.309 e. The van der Waals surface area contributed by atoms with Crippen LogP contribution in [0.3, 0.4) is 0 Å². The molecule has 0 aliphatic rings. The van der Waals surface area contributed by atoms with Crippen LogP contribution in [0.2, 0.25) is 0 Å². The average Bonchev–Trinajstić information content (AvgIpc) is 2.78. The van der Waals surface area contributed by atoms with Gasteiger partial charge in [-0.1, -0.05) is 36.4 Å². The SMILES string of the molecule is O=C(O)Cc1c(-c2ccccc2)nc2ccccn12. The maximum absolute atomic E-state index is 11.1. The normalized spacial score (nSPS) is 10.7. The molecule has 0 radical (unpaired) electrons. The number of carboxylic acids is 1. The number of pyridine rings is 1. The number of hydrogen-bond donors (Lipinski definition) is 1. The first-order chi connectivity index (χ1) is 9.25. The average molecular weight is 252 g/mol. The number of carbonyl (C=O) groups is 1. The van der Waals surface area contributed by atoms with E-state index in [-0.39, 0.29) is 6.42 Å². The van der Waals surface area contributed by atoms with Crippen molar-refractivity contribution in [2.75, 3.05) is 0 Å². The number of hydrogen-bond acceptors (Lipinski definition) is 2. The zero-order valence-electron chi connectivity index (χ0n) is 10.2. The molecule has 2 aromatic heterocycles. The van der Waals surface area contributed by atoms with Crippen molar-refractivity contribution in [1.82, 2.24) is 9.38 Å². The number of imidazole rings is 1. The molecule has 3 rings (SSSR count). The maximum atomic E-state index is 11.1. The number of benzene rings is 1. The summed E-state index contributed by atoms with van der Waals surface area (Å²) in [6.07, 6.45) is 1.79. The first-order valence-electron chi connectivity index (χ1n) is 5.99. The van der Waals surface area contributed by atoms with Crippen molar-refractivity contribution in [3.8, 4) is 11.3 Å². The highest BCUT2D eigenvalue weighted by molar-refractivity contribution is 5.76. The van der Waals surface area contributed by atoms with E-state index < -0.39 is 5.97 Å². The van der Waals surface area contributed by atoms with E-state index >= 15 is 0 Å². The van der Waals surface area contributed by atoms with Gasteiger partial charge < -0.3 is 9.51 Å². The van der Waals surface area contributed by atoms with Gasteiger partial charge in [-0.3, -0.25) is 4.79 Å². The van der Waals surface area contributed by atoms with Crippen LogP contribution in [0.25, 0.3) is 16.9 Å². The Hall–Kier alpha value is -2.62. The van der Waals surface area contributed by atoms with Crippen LogP contribution in [-0.4, -0.2) is 20.5 Å². The number of rotatable bonds is 3. The predicted molar refractivity (Wildman–Crippen MR) is 72.0 cm³/mol. The van der Waals surface area contributed by atoms with E-state index in [9.17, 15) is 4.79 Å². The minimum atomic E-state index is -0.858. The van der Waals surface area contributed by atoms with Gasteiger partial charge in [-0.25, -0.2) is 4.98 Å². The van der Waals surface area contributed by atoms with Crippen molar-refractivity contribution in [2.45, 2.75) is 6.42 Å². The van der Waals surface area contributed by atoms with Gasteiger partial charge in [0, 0.05) is 11.8 Å². The van der Waals surface area contributed by atoms with Crippen molar-refractivity contribution in [3.05, 3.63) is 60.4 Å². The molecule has 4 nitrogen and oxygen atoms in total. The zero-order valence-corrected chi connectivity index (χ0v) is 10.2. The first kappa shape index (κ1) is 11.5. The molecule has 0 aliphatic heterocycles. The van der Waals surface area contributed by atoms with Gasteiger partial charge in [-0.05, 0) is 12.1 Å². The standard InChI is InChI=1S/C15H12N2O2/c18-14(19)10-12-15(11-6-2-1-3-7-11)16-13-8-4-5-9-17(12)13/h1-9H,10H2,(H,18,19). The van der Waals surface area contributed by atoms with Crippen LogP contribution in [0, 0.1) is 0 Å². The molecule has 0 saturated heterocycles. The smallest absolute Gasteiger partial charge is 0.309 e. The van der Waals surface area contributed by atoms with Crippen molar-refractivity contribution in [2.24, 2.45) is 0 Å². The highest BCUT2D eigenvalue weighted by Crippen LogP contribution is 2.24. The summed E-state index contributed by atoms with van der Waals surface area (Å²) in [6, 6.07) is 15.3. The molecule has 19 heavy (non-hydrogen) atoms. The third-order valence-electron chi connectivity index (χ3n) is 2.99. The number of carboxylic acid groups (broad SMARTS) is 1. The van der Waals surface area contributed by atoms with Crippen LogP contribution in [0.15, 0.2) is 54.7 Å². The fourth-order valence-electron chi connectivity index (χ4n) is 2.19. The Morgan fingerprint density at radius 3 is 2.58 bits per heavy atom. The van der Waals surface area contributed by atoms with Crippen molar-refractivity contribution >= 4 is 11.6 Å². The third kappa shape index (κ3) is 2.08. The predicted octanol–water partition coefficient (Wildman–Crippen LogP) is 2.63. The van der Waals surface area contributed by atoms with E-state index in [1.165, 1.54) is 0 Å². The fourth-order valence-corrected chi connectivity index (χ4v) is 2.19. The summed E-state index contributed by atoms with van der Waals surface area (Å²) in [5.41, 5.74) is 3.13. The Morgan fingerprint density at radius 1 is 1.11 bits per heavy atom. The second-order valence-corrected chi connectivity index (χ2v) is 4.27. The summed E-state index contributed by atoms with van der Waals surface area (Å²) < 4.78 is 1.83. The lowest BCUT2D eigenvalue weighted by Gasteiger charge is -2.02. The highest BCUT2D eigenvalue weighted by atomic mass is 16.4. The van der Waals surface area contributed by atoms with Crippen molar-refractivity contribution < 1.29 is 9.90 Å². The highest BCUT2D eigenvalue weighted by Gasteiger charge is 2.15. The Kier molecular flexibility index (Phi) is 2.76. The molecule has 1 N–H and O–H groups in total. The second kappa shape index (κ2) is 4.57. The Labute approximate surface area is 110 Å². The number of aliphatic carboxylic acids is 1. The summed E-state index contributed by atoms with van der Waals surface area (Å²) in [4.78, 5) is 15.6. The molecule has 0 fully saturated rings. The monoisotopic (exact) mass is 252 g/mol. The lowest BCUT2D eigenvalue weighted by molar-refractivity contribution is -0.136. The molecule has 0 atom stereocenters. The zero-order chi connectivity index (χ0) is 13.2. The Balaban J connectivity index is 2.26. The van der Waals surface area contributed by atoms with E-state index in [0.717, 1.165) is 16.9 Å². The molecule has 0 spiro atoms. The minimum Gasteiger partial charge on any atom is -0.481 e. The summed E-state index contributed by atoms with van der Waals surface area (Å²) in [5.74, 6) is -0.858. The molecule has 4 heteroatoms. The second-order valence-electron chi connectivity index (χ2n) is 4.27. The number of fused-ring (bicyclic) bond motifs is 1. The van der Waals surface area contributed by atoms with Crippen LogP contribution in [-0.2, 0) is 11.2 Å². The van der Waals surface area contributed by atoms with Crippen LogP contribution in [0.5, 0.6) is 0 Å². The lowest BCUT2D eigenvalue weighted by Crippen LogP contribution is -2.04. The lowest BCUT2D eigenvalue weighted by atomic mass is 10.1. The van der Waals surface area contributed by atoms with E-state index in [1.807, 2.05) is 59.1 Å². The summed E-state index contributed by atoms with van der Waals surface area (Å²) in [6.45, 7) is 0. The molecule has 0 amide bonds. The Bertz CT molecular complexity index is 732. The summed E-state index contributed by atoms with van der Waals surface area (Å²) in [5, 5.41) is 9.07. The molecule has 0 saturated carbocycles. The van der Waals surface area contributed by atoms with Crippen molar-refractivity contribution in [3.63, 3.8) is 0 Å². The van der Waals surface area contributed by atoms with Crippen molar-refractivity contribution in [1.29, 1.82) is 0 Å².